The fourth-order valence-corrected chi connectivity index (χ4v) is 4.15. The van der Waals surface area contributed by atoms with Gasteiger partial charge in [-0.25, -0.2) is 0 Å². The predicted octanol–water partition coefficient (Wildman–Crippen LogP) is 3.86. The number of hydrogen-bond donors (Lipinski definition) is 1. The molecule has 0 atom stereocenters. The molecule has 0 saturated carbocycles. The Kier molecular flexibility index (Phi) is 7.50. The molecule has 4 rings (SSSR count). The van der Waals surface area contributed by atoms with Crippen molar-refractivity contribution in [3.05, 3.63) is 83.8 Å². The fourth-order valence-electron chi connectivity index (χ4n) is 4.15. The predicted molar refractivity (Wildman–Crippen MR) is 134 cm³/mol. The molecule has 1 aromatic heterocycles. The van der Waals surface area contributed by atoms with Crippen LogP contribution in [0.2, 0.25) is 0 Å². The maximum atomic E-state index is 13.6. The van der Waals surface area contributed by atoms with Crippen LogP contribution in [0.25, 0.3) is 0 Å². The van der Waals surface area contributed by atoms with E-state index in [2.05, 4.69) is 10.2 Å². The van der Waals surface area contributed by atoms with Crippen LogP contribution in [0.15, 0.2) is 71.3 Å². The van der Waals surface area contributed by atoms with Gasteiger partial charge in [0.2, 0.25) is 5.91 Å². The number of furan rings is 1. The van der Waals surface area contributed by atoms with Crippen LogP contribution in [0.1, 0.15) is 39.8 Å². The smallest absolute Gasteiger partial charge is 0.289 e. The third-order valence-electron chi connectivity index (χ3n) is 6.08. The van der Waals surface area contributed by atoms with Crippen molar-refractivity contribution < 1.29 is 18.8 Å². The van der Waals surface area contributed by atoms with E-state index >= 15 is 0 Å². The van der Waals surface area contributed by atoms with Crippen molar-refractivity contribution in [3.63, 3.8) is 0 Å². The second-order valence-corrected chi connectivity index (χ2v) is 8.54. The van der Waals surface area contributed by atoms with Gasteiger partial charge in [0.15, 0.2) is 5.76 Å². The SMILES string of the molecule is CCC(=O)Nc1ccc(N2CCN(C(=O)c3ccco3)CC2)c(C(=O)N(C)Cc2ccccc2)c1. The van der Waals surface area contributed by atoms with Gasteiger partial charge < -0.3 is 24.4 Å². The van der Waals surface area contributed by atoms with Crippen LogP contribution in [0, 0.1) is 0 Å². The van der Waals surface area contributed by atoms with E-state index in [1.54, 1.807) is 42.0 Å². The molecule has 35 heavy (non-hydrogen) atoms. The highest BCUT2D eigenvalue weighted by Crippen LogP contribution is 2.28. The molecule has 182 valence electrons. The van der Waals surface area contributed by atoms with E-state index in [1.165, 1.54) is 6.26 Å². The Hall–Kier alpha value is -4.07. The molecule has 0 unspecified atom stereocenters. The number of nitrogens with one attached hydrogen (secondary N) is 1. The van der Waals surface area contributed by atoms with Gasteiger partial charge in [-0.3, -0.25) is 14.4 Å². The van der Waals surface area contributed by atoms with E-state index in [0.29, 0.717) is 56.2 Å². The minimum Gasteiger partial charge on any atom is -0.459 e. The van der Waals surface area contributed by atoms with Gasteiger partial charge in [-0.05, 0) is 35.9 Å². The highest BCUT2D eigenvalue weighted by atomic mass is 16.3. The molecule has 0 radical (unpaired) electrons. The van der Waals surface area contributed by atoms with Crippen molar-refractivity contribution in [1.29, 1.82) is 0 Å². The molecule has 0 aliphatic carbocycles. The molecule has 1 aliphatic heterocycles. The zero-order valence-electron chi connectivity index (χ0n) is 20.1. The van der Waals surface area contributed by atoms with Crippen LogP contribution < -0.4 is 10.2 Å². The van der Waals surface area contributed by atoms with E-state index < -0.39 is 0 Å². The van der Waals surface area contributed by atoms with Crippen molar-refractivity contribution >= 4 is 29.1 Å². The maximum Gasteiger partial charge on any atom is 0.289 e. The number of benzene rings is 2. The zero-order chi connectivity index (χ0) is 24.8. The molecule has 1 fully saturated rings. The van der Waals surface area contributed by atoms with Crippen molar-refractivity contribution in [1.82, 2.24) is 9.80 Å². The highest BCUT2D eigenvalue weighted by Gasteiger charge is 2.27. The lowest BCUT2D eigenvalue weighted by molar-refractivity contribution is -0.115. The largest absolute Gasteiger partial charge is 0.459 e. The minimum absolute atomic E-state index is 0.112. The lowest BCUT2D eigenvalue weighted by Gasteiger charge is -2.37. The van der Waals surface area contributed by atoms with Gasteiger partial charge in [0.05, 0.1) is 11.8 Å². The molecular weight excluding hydrogens is 444 g/mol. The number of hydrogen-bond acceptors (Lipinski definition) is 5. The lowest BCUT2D eigenvalue weighted by Crippen LogP contribution is -2.49. The third kappa shape index (κ3) is 5.71. The number of anilines is 2. The van der Waals surface area contributed by atoms with Gasteiger partial charge in [-0.2, -0.15) is 0 Å². The van der Waals surface area contributed by atoms with Gasteiger partial charge in [-0.1, -0.05) is 37.3 Å². The summed E-state index contributed by atoms with van der Waals surface area (Å²) in [6.07, 6.45) is 1.84. The molecule has 1 saturated heterocycles. The molecule has 8 heteroatoms. The molecular formula is C27H30N4O4. The number of nitrogens with zero attached hydrogens (tertiary/aromatic N) is 3. The molecule has 0 spiro atoms. The van der Waals surface area contributed by atoms with E-state index in [4.69, 9.17) is 4.42 Å². The summed E-state index contributed by atoms with van der Waals surface area (Å²) in [5.74, 6) is -0.0524. The Balaban J connectivity index is 1.54. The van der Waals surface area contributed by atoms with Crippen LogP contribution in [0.4, 0.5) is 11.4 Å². The van der Waals surface area contributed by atoms with Gasteiger partial charge in [-0.15, -0.1) is 0 Å². The van der Waals surface area contributed by atoms with Crippen LogP contribution in [-0.2, 0) is 11.3 Å². The van der Waals surface area contributed by atoms with Crippen molar-refractivity contribution in [2.75, 3.05) is 43.4 Å². The molecule has 2 aromatic carbocycles. The second-order valence-electron chi connectivity index (χ2n) is 8.54. The molecule has 3 aromatic rings. The first kappa shape index (κ1) is 24.1. The average Bonchev–Trinajstić information content (AvgIpc) is 3.43. The van der Waals surface area contributed by atoms with Crippen LogP contribution in [0.5, 0.6) is 0 Å². The number of amides is 3. The Morgan fingerprint density at radius 3 is 2.37 bits per heavy atom. The first-order valence-corrected chi connectivity index (χ1v) is 11.8. The summed E-state index contributed by atoms with van der Waals surface area (Å²) < 4.78 is 5.25. The normalized spacial score (nSPS) is 13.4. The van der Waals surface area contributed by atoms with Crippen molar-refractivity contribution in [3.8, 4) is 0 Å². The summed E-state index contributed by atoms with van der Waals surface area (Å²) in [6, 6.07) is 18.6. The lowest BCUT2D eigenvalue weighted by atomic mass is 10.1. The zero-order valence-corrected chi connectivity index (χ0v) is 20.1. The third-order valence-corrected chi connectivity index (χ3v) is 6.08. The summed E-state index contributed by atoms with van der Waals surface area (Å²) in [5.41, 5.74) is 2.92. The Bertz CT molecular complexity index is 1170. The van der Waals surface area contributed by atoms with E-state index in [-0.39, 0.29) is 17.7 Å². The number of carbonyl (C=O) groups excluding carboxylic acids is 3. The Labute approximate surface area is 205 Å². The first-order chi connectivity index (χ1) is 17.0. The number of rotatable bonds is 7. The molecule has 1 aliphatic rings. The van der Waals surface area contributed by atoms with Crippen LogP contribution in [-0.4, -0.2) is 60.7 Å². The van der Waals surface area contributed by atoms with E-state index in [0.717, 1.165) is 11.3 Å². The van der Waals surface area contributed by atoms with Crippen LogP contribution in [0.3, 0.4) is 0 Å². The van der Waals surface area contributed by atoms with Gasteiger partial charge in [0.1, 0.15) is 0 Å². The molecule has 2 heterocycles. The molecule has 1 N–H and O–H groups in total. The Morgan fingerprint density at radius 2 is 1.71 bits per heavy atom. The number of piperazine rings is 1. The van der Waals surface area contributed by atoms with Crippen molar-refractivity contribution in [2.24, 2.45) is 0 Å². The molecule has 8 nitrogen and oxygen atoms in total. The summed E-state index contributed by atoms with van der Waals surface area (Å²) in [4.78, 5) is 43.7. The second kappa shape index (κ2) is 10.9. The molecule has 3 amide bonds. The van der Waals surface area contributed by atoms with Crippen LogP contribution >= 0.6 is 0 Å². The Morgan fingerprint density at radius 1 is 0.971 bits per heavy atom. The highest BCUT2D eigenvalue weighted by molar-refractivity contribution is 6.02. The monoisotopic (exact) mass is 474 g/mol. The topological polar surface area (TPSA) is 86.1 Å². The van der Waals surface area contributed by atoms with E-state index in [9.17, 15) is 14.4 Å². The van der Waals surface area contributed by atoms with Gasteiger partial charge in [0.25, 0.3) is 11.8 Å². The maximum absolute atomic E-state index is 13.6. The average molecular weight is 475 g/mol. The summed E-state index contributed by atoms with van der Waals surface area (Å²) in [6.45, 7) is 4.44. The summed E-state index contributed by atoms with van der Waals surface area (Å²) >= 11 is 0. The standard InChI is InChI=1S/C27H30N4O4/c1-3-25(32)28-21-11-12-23(22(18-21)26(33)29(2)19-20-8-5-4-6-9-20)30-13-15-31(16-14-30)27(34)24-10-7-17-35-24/h4-12,17-18H,3,13-16,19H2,1-2H3,(H,28,32). The quantitative estimate of drug-likeness (QED) is 0.562. The fraction of sp³-hybridized carbons (Fsp3) is 0.296. The summed E-state index contributed by atoms with van der Waals surface area (Å²) in [7, 11) is 1.77. The molecule has 0 bridgehead atoms. The summed E-state index contributed by atoms with van der Waals surface area (Å²) in [5, 5.41) is 2.85. The first-order valence-electron chi connectivity index (χ1n) is 11.8. The number of carbonyl (C=O) groups is 3. The van der Waals surface area contributed by atoms with Crippen molar-refractivity contribution in [2.45, 2.75) is 19.9 Å². The minimum atomic E-state index is -0.134. The van der Waals surface area contributed by atoms with Gasteiger partial charge in [0, 0.05) is 57.6 Å². The van der Waals surface area contributed by atoms with E-state index in [1.807, 2.05) is 42.5 Å². The van der Waals surface area contributed by atoms with Gasteiger partial charge >= 0.3 is 0 Å².